The van der Waals surface area contributed by atoms with Gasteiger partial charge in [-0.3, -0.25) is 0 Å². The van der Waals surface area contributed by atoms with Crippen LogP contribution in [-0.4, -0.2) is 16.2 Å². The molecule has 25 heavy (non-hydrogen) atoms. The van der Waals surface area contributed by atoms with Gasteiger partial charge in [-0.1, -0.05) is 24.3 Å². The van der Waals surface area contributed by atoms with E-state index in [1.807, 2.05) is 0 Å². The van der Waals surface area contributed by atoms with Crippen LogP contribution in [-0.2, 0) is 17.1 Å². The normalized spacial score (nSPS) is 13.6. The van der Waals surface area contributed by atoms with Crippen molar-refractivity contribution in [1.82, 2.24) is 0 Å². The third-order valence-corrected chi connectivity index (χ3v) is 3.43. The second kappa shape index (κ2) is 6.40. The third kappa shape index (κ3) is 3.93. The zero-order valence-corrected chi connectivity index (χ0v) is 12.2. The van der Waals surface area contributed by atoms with E-state index in [1.165, 1.54) is 6.07 Å². The Morgan fingerprint density at radius 1 is 0.880 bits per heavy atom. The molecule has 2 aromatic carbocycles. The highest BCUT2D eigenvalue weighted by Crippen LogP contribution is 2.41. The molecule has 134 valence electrons. The van der Waals surface area contributed by atoms with E-state index in [9.17, 15) is 36.2 Å². The standard InChI is InChI=1S/C16H10F6O3/c17-15(18,19)8-5-6-9(11(7-8)13(23)14(24)25)10-3-1-2-4-12(10)16(20,21)22/h1-7,13,23H,(H,24,25). The lowest BCUT2D eigenvalue weighted by Crippen LogP contribution is -2.15. The van der Waals surface area contributed by atoms with Gasteiger partial charge in [0.15, 0.2) is 6.10 Å². The van der Waals surface area contributed by atoms with Crippen molar-refractivity contribution in [2.75, 3.05) is 0 Å². The lowest BCUT2D eigenvalue weighted by molar-refractivity contribution is -0.147. The average Bonchev–Trinajstić information content (AvgIpc) is 2.51. The zero-order chi connectivity index (χ0) is 19.0. The van der Waals surface area contributed by atoms with Gasteiger partial charge in [-0.15, -0.1) is 0 Å². The molecule has 0 saturated carbocycles. The molecule has 0 bridgehead atoms. The SMILES string of the molecule is O=C(O)C(O)c1cc(C(F)(F)F)ccc1-c1ccccc1C(F)(F)F. The summed E-state index contributed by atoms with van der Waals surface area (Å²) < 4.78 is 77.9. The summed E-state index contributed by atoms with van der Waals surface area (Å²) in [4.78, 5) is 11.0. The fraction of sp³-hybridized carbons (Fsp3) is 0.188. The van der Waals surface area contributed by atoms with Crippen LogP contribution >= 0.6 is 0 Å². The van der Waals surface area contributed by atoms with Crippen molar-refractivity contribution in [1.29, 1.82) is 0 Å². The van der Waals surface area contributed by atoms with E-state index in [1.54, 1.807) is 0 Å². The molecule has 0 spiro atoms. The molecule has 0 saturated heterocycles. The molecule has 0 radical (unpaired) electrons. The quantitative estimate of drug-likeness (QED) is 0.788. The smallest absolute Gasteiger partial charge is 0.417 e. The average molecular weight is 364 g/mol. The molecule has 0 aliphatic heterocycles. The molecule has 0 fully saturated rings. The minimum atomic E-state index is -4.85. The summed E-state index contributed by atoms with van der Waals surface area (Å²) in [5.41, 5.74) is -4.20. The van der Waals surface area contributed by atoms with Gasteiger partial charge in [-0.05, 0) is 29.3 Å². The van der Waals surface area contributed by atoms with Crippen molar-refractivity contribution in [3.05, 3.63) is 59.2 Å². The molecule has 1 unspecified atom stereocenters. The van der Waals surface area contributed by atoms with Crippen LogP contribution < -0.4 is 0 Å². The van der Waals surface area contributed by atoms with Gasteiger partial charge in [0.25, 0.3) is 0 Å². The Labute approximate surface area is 137 Å². The van der Waals surface area contributed by atoms with Gasteiger partial charge in [0.2, 0.25) is 0 Å². The van der Waals surface area contributed by atoms with Crippen LogP contribution in [0.2, 0.25) is 0 Å². The molecule has 0 heterocycles. The highest BCUT2D eigenvalue weighted by Gasteiger charge is 2.36. The number of aliphatic hydroxyl groups is 1. The first-order valence-electron chi connectivity index (χ1n) is 6.71. The Morgan fingerprint density at radius 3 is 2.00 bits per heavy atom. The Morgan fingerprint density at radius 2 is 1.48 bits per heavy atom. The summed E-state index contributed by atoms with van der Waals surface area (Å²) in [7, 11) is 0. The molecular weight excluding hydrogens is 354 g/mol. The number of hydrogen-bond donors (Lipinski definition) is 2. The Kier molecular flexibility index (Phi) is 4.81. The number of halogens is 6. The largest absolute Gasteiger partial charge is 0.479 e. The van der Waals surface area contributed by atoms with Crippen molar-refractivity contribution in [2.24, 2.45) is 0 Å². The Balaban J connectivity index is 2.77. The number of hydrogen-bond acceptors (Lipinski definition) is 2. The number of benzene rings is 2. The molecule has 2 rings (SSSR count). The highest BCUT2D eigenvalue weighted by atomic mass is 19.4. The monoisotopic (exact) mass is 364 g/mol. The van der Waals surface area contributed by atoms with E-state index in [4.69, 9.17) is 5.11 Å². The van der Waals surface area contributed by atoms with Crippen LogP contribution in [0.1, 0.15) is 22.8 Å². The van der Waals surface area contributed by atoms with Gasteiger partial charge in [0.1, 0.15) is 0 Å². The highest BCUT2D eigenvalue weighted by molar-refractivity contribution is 5.81. The second-order valence-electron chi connectivity index (χ2n) is 5.08. The second-order valence-corrected chi connectivity index (χ2v) is 5.08. The molecule has 0 aromatic heterocycles. The van der Waals surface area contributed by atoms with Crippen LogP contribution in [0.25, 0.3) is 11.1 Å². The van der Waals surface area contributed by atoms with Crippen LogP contribution in [0.15, 0.2) is 42.5 Å². The van der Waals surface area contributed by atoms with E-state index in [-0.39, 0.29) is 0 Å². The summed E-state index contributed by atoms with van der Waals surface area (Å²) in [5, 5.41) is 18.6. The van der Waals surface area contributed by atoms with E-state index >= 15 is 0 Å². The number of carbonyl (C=O) groups is 1. The summed E-state index contributed by atoms with van der Waals surface area (Å²) in [6.45, 7) is 0. The van der Waals surface area contributed by atoms with E-state index in [0.717, 1.165) is 18.2 Å². The molecule has 0 aliphatic carbocycles. The van der Waals surface area contributed by atoms with Crippen molar-refractivity contribution < 1.29 is 41.4 Å². The number of aliphatic carboxylic acids is 1. The Hall–Kier alpha value is -2.55. The van der Waals surface area contributed by atoms with Gasteiger partial charge in [-0.25, -0.2) is 4.79 Å². The van der Waals surface area contributed by atoms with E-state index in [2.05, 4.69) is 0 Å². The van der Waals surface area contributed by atoms with Crippen LogP contribution in [0.3, 0.4) is 0 Å². The summed E-state index contributed by atoms with van der Waals surface area (Å²) in [5.74, 6) is -1.88. The summed E-state index contributed by atoms with van der Waals surface area (Å²) in [6.07, 6.45) is -12.1. The molecule has 9 heteroatoms. The first-order chi connectivity index (χ1) is 11.4. The molecule has 3 nitrogen and oxygen atoms in total. The van der Waals surface area contributed by atoms with Crippen LogP contribution in [0.5, 0.6) is 0 Å². The predicted octanol–water partition coefficient (Wildman–Crippen LogP) is 4.51. The maximum absolute atomic E-state index is 13.1. The van der Waals surface area contributed by atoms with Gasteiger partial charge >= 0.3 is 18.3 Å². The first kappa shape index (κ1) is 18.8. The van der Waals surface area contributed by atoms with Crippen molar-refractivity contribution >= 4 is 5.97 Å². The number of alkyl halides is 6. The summed E-state index contributed by atoms with van der Waals surface area (Å²) >= 11 is 0. The van der Waals surface area contributed by atoms with Crippen molar-refractivity contribution in [3.8, 4) is 11.1 Å². The molecule has 1 atom stereocenters. The molecular formula is C16H10F6O3. The van der Waals surface area contributed by atoms with Crippen LogP contribution in [0, 0.1) is 0 Å². The number of carboxylic acids is 1. The topological polar surface area (TPSA) is 57.5 Å². The molecule has 2 aromatic rings. The van der Waals surface area contributed by atoms with E-state index < -0.39 is 52.2 Å². The van der Waals surface area contributed by atoms with Crippen molar-refractivity contribution in [2.45, 2.75) is 18.5 Å². The Bertz CT molecular complexity index is 795. The van der Waals surface area contributed by atoms with E-state index in [0.29, 0.717) is 18.2 Å². The number of rotatable bonds is 3. The van der Waals surface area contributed by atoms with Gasteiger partial charge < -0.3 is 10.2 Å². The number of aliphatic hydroxyl groups excluding tert-OH is 1. The maximum Gasteiger partial charge on any atom is 0.417 e. The molecule has 2 N–H and O–H groups in total. The minimum absolute atomic E-state index is 0.335. The fourth-order valence-corrected chi connectivity index (χ4v) is 2.31. The number of carboxylic acid groups (broad SMARTS) is 1. The van der Waals surface area contributed by atoms with Gasteiger partial charge in [0, 0.05) is 5.56 Å². The molecule has 0 aliphatic rings. The van der Waals surface area contributed by atoms with Gasteiger partial charge in [-0.2, -0.15) is 26.3 Å². The van der Waals surface area contributed by atoms with Crippen LogP contribution in [0.4, 0.5) is 26.3 Å². The zero-order valence-electron chi connectivity index (χ0n) is 12.2. The molecule has 0 amide bonds. The minimum Gasteiger partial charge on any atom is -0.479 e. The summed E-state index contributed by atoms with van der Waals surface area (Å²) in [6, 6.07) is 5.59. The first-order valence-corrected chi connectivity index (χ1v) is 6.71. The predicted molar refractivity (Wildman–Crippen MR) is 74.5 cm³/mol. The fourth-order valence-electron chi connectivity index (χ4n) is 2.31. The third-order valence-electron chi connectivity index (χ3n) is 3.43. The maximum atomic E-state index is 13.1. The lowest BCUT2D eigenvalue weighted by Gasteiger charge is -2.19. The van der Waals surface area contributed by atoms with Gasteiger partial charge in [0.05, 0.1) is 11.1 Å². The lowest BCUT2D eigenvalue weighted by atomic mass is 9.91. The van der Waals surface area contributed by atoms with Crippen molar-refractivity contribution in [3.63, 3.8) is 0 Å².